The highest BCUT2D eigenvalue weighted by Crippen LogP contribution is 2.28. The number of hydrogen-bond acceptors (Lipinski definition) is 2. The van der Waals surface area contributed by atoms with Gasteiger partial charge in [-0.15, -0.1) is 0 Å². The minimum absolute atomic E-state index is 0.0583. The fraction of sp³-hybridized carbons (Fsp3) is 0.462. The van der Waals surface area contributed by atoms with Crippen LogP contribution in [0.5, 0.6) is 0 Å². The summed E-state index contributed by atoms with van der Waals surface area (Å²) in [6, 6.07) is 7.06. The summed E-state index contributed by atoms with van der Waals surface area (Å²) in [5, 5.41) is 9.69. The minimum Gasteiger partial charge on any atom is -0.393 e. The number of carbonyl (C=O) groups is 1. The van der Waals surface area contributed by atoms with Crippen molar-refractivity contribution in [2.45, 2.75) is 18.9 Å². The molecular weight excluding hydrogens is 238 g/mol. The van der Waals surface area contributed by atoms with E-state index in [1.165, 1.54) is 0 Å². The molecule has 1 amide bonds. The number of nitrogens with zero attached hydrogens (tertiary/aromatic N) is 1. The van der Waals surface area contributed by atoms with E-state index in [1.807, 2.05) is 0 Å². The molecule has 1 N–H and O–H groups in total. The van der Waals surface area contributed by atoms with Crippen molar-refractivity contribution in [2.75, 3.05) is 13.6 Å². The molecule has 1 aliphatic carbocycles. The van der Waals surface area contributed by atoms with Crippen molar-refractivity contribution in [2.24, 2.45) is 5.92 Å². The van der Waals surface area contributed by atoms with Gasteiger partial charge >= 0.3 is 0 Å². The molecule has 0 bridgehead atoms. The van der Waals surface area contributed by atoms with Crippen LogP contribution in [0.4, 0.5) is 0 Å². The fourth-order valence-corrected chi connectivity index (χ4v) is 2.38. The lowest BCUT2D eigenvalue weighted by Gasteiger charge is -2.34. The van der Waals surface area contributed by atoms with Crippen LogP contribution < -0.4 is 0 Å². The Kier molecular flexibility index (Phi) is 3.69. The van der Waals surface area contributed by atoms with Gasteiger partial charge in [0, 0.05) is 13.6 Å². The molecule has 1 saturated carbocycles. The van der Waals surface area contributed by atoms with Crippen LogP contribution in [0, 0.1) is 5.92 Å². The number of rotatable bonds is 3. The van der Waals surface area contributed by atoms with Crippen molar-refractivity contribution in [3.8, 4) is 0 Å². The molecule has 0 aromatic heterocycles. The second kappa shape index (κ2) is 5.07. The van der Waals surface area contributed by atoms with Gasteiger partial charge in [0.25, 0.3) is 5.91 Å². The van der Waals surface area contributed by atoms with Crippen LogP contribution in [0.3, 0.4) is 0 Å². The molecule has 2 rings (SSSR count). The average Bonchev–Trinajstić information content (AvgIpc) is 2.26. The SMILES string of the molecule is CN(CC1CC(O)C1)C(=O)c1ccccc1Cl. The van der Waals surface area contributed by atoms with Crippen LogP contribution in [-0.4, -0.2) is 35.6 Å². The Morgan fingerprint density at radius 1 is 1.47 bits per heavy atom. The molecule has 3 nitrogen and oxygen atoms in total. The van der Waals surface area contributed by atoms with Crippen molar-refractivity contribution in [3.05, 3.63) is 34.9 Å². The van der Waals surface area contributed by atoms with Gasteiger partial charge in [-0.2, -0.15) is 0 Å². The van der Waals surface area contributed by atoms with E-state index in [0.29, 0.717) is 23.0 Å². The first-order chi connectivity index (χ1) is 8.08. The van der Waals surface area contributed by atoms with Gasteiger partial charge in [0.15, 0.2) is 0 Å². The van der Waals surface area contributed by atoms with Crippen molar-refractivity contribution < 1.29 is 9.90 Å². The zero-order chi connectivity index (χ0) is 12.4. The summed E-state index contributed by atoms with van der Waals surface area (Å²) in [4.78, 5) is 13.8. The fourth-order valence-electron chi connectivity index (χ4n) is 2.16. The molecular formula is C13H16ClNO2. The highest BCUT2D eigenvalue weighted by molar-refractivity contribution is 6.33. The van der Waals surface area contributed by atoms with Crippen LogP contribution in [0.25, 0.3) is 0 Å². The number of carbonyl (C=O) groups excluding carboxylic acids is 1. The van der Waals surface area contributed by atoms with Gasteiger partial charge in [0.1, 0.15) is 0 Å². The van der Waals surface area contributed by atoms with Gasteiger partial charge in [0.05, 0.1) is 16.7 Å². The molecule has 0 spiro atoms. The summed E-state index contributed by atoms with van der Waals surface area (Å²) in [5.74, 6) is 0.360. The van der Waals surface area contributed by atoms with Crippen molar-refractivity contribution >= 4 is 17.5 Å². The number of benzene rings is 1. The van der Waals surface area contributed by atoms with Crippen LogP contribution in [0.15, 0.2) is 24.3 Å². The summed E-state index contributed by atoms with van der Waals surface area (Å²) >= 11 is 5.98. The number of halogens is 1. The van der Waals surface area contributed by atoms with E-state index in [0.717, 1.165) is 12.8 Å². The lowest BCUT2D eigenvalue weighted by Crippen LogP contribution is -2.39. The monoisotopic (exact) mass is 253 g/mol. The maximum atomic E-state index is 12.1. The van der Waals surface area contributed by atoms with E-state index >= 15 is 0 Å². The number of hydrogen-bond donors (Lipinski definition) is 1. The van der Waals surface area contributed by atoms with E-state index < -0.39 is 0 Å². The summed E-state index contributed by atoms with van der Waals surface area (Å²) in [6.07, 6.45) is 1.41. The van der Waals surface area contributed by atoms with E-state index in [9.17, 15) is 9.90 Å². The molecule has 0 unspecified atom stereocenters. The van der Waals surface area contributed by atoms with Crippen LogP contribution in [0.2, 0.25) is 5.02 Å². The Morgan fingerprint density at radius 3 is 2.71 bits per heavy atom. The maximum absolute atomic E-state index is 12.1. The van der Waals surface area contributed by atoms with Crippen molar-refractivity contribution in [3.63, 3.8) is 0 Å². The summed E-state index contributed by atoms with van der Waals surface area (Å²) < 4.78 is 0. The van der Waals surface area contributed by atoms with Gasteiger partial charge < -0.3 is 10.0 Å². The smallest absolute Gasteiger partial charge is 0.255 e. The molecule has 1 aromatic carbocycles. The lowest BCUT2D eigenvalue weighted by molar-refractivity contribution is 0.0265. The molecule has 0 radical (unpaired) electrons. The average molecular weight is 254 g/mol. The molecule has 92 valence electrons. The Bertz CT molecular complexity index is 416. The molecule has 1 aromatic rings. The van der Waals surface area contributed by atoms with Crippen molar-refractivity contribution in [1.29, 1.82) is 0 Å². The number of aliphatic hydroxyl groups excluding tert-OH is 1. The lowest BCUT2D eigenvalue weighted by atomic mass is 9.82. The second-order valence-corrected chi connectivity index (χ2v) is 5.06. The summed E-state index contributed by atoms with van der Waals surface area (Å²) in [6.45, 7) is 0.682. The zero-order valence-corrected chi connectivity index (χ0v) is 10.5. The first-order valence-electron chi connectivity index (χ1n) is 5.76. The molecule has 1 fully saturated rings. The Hall–Kier alpha value is -1.06. The predicted octanol–water partition coefficient (Wildman–Crippen LogP) is 2.18. The van der Waals surface area contributed by atoms with E-state index in [1.54, 1.807) is 36.2 Å². The van der Waals surface area contributed by atoms with E-state index in [4.69, 9.17) is 11.6 Å². The molecule has 0 aliphatic heterocycles. The quantitative estimate of drug-likeness (QED) is 0.897. The highest BCUT2D eigenvalue weighted by Gasteiger charge is 2.29. The van der Waals surface area contributed by atoms with Crippen molar-refractivity contribution in [1.82, 2.24) is 4.90 Å². The number of amides is 1. The zero-order valence-electron chi connectivity index (χ0n) is 9.77. The highest BCUT2D eigenvalue weighted by atomic mass is 35.5. The first kappa shape index (κ1) is 12.4. The van der Waals surface area contributed by atoms with E-state index in [-0.39, 0.29) is 12.0 Å². The van der Waals surface area contributed by atoms with Gasteiger partial charge in [-0.3, -0.25) is 4.79 Å². The topological polar surface area (TPSA) is 40.5 Å². The second-order valence-electron chi connectivity index (χ2n) is 4.66. The third-order valence-electron chi connectivity index (χ3n) is 3.19. The minimum atomic E-state index is -0.177. The van der Waals surface area contributed by atoms with Crippen LogP contribution >= 0.6 is 11.6 Å². The van der Waals surface area contributed by atoms with Gasteiger partial charge in [-0.1, -0.05) is 23.7 Å². The molecule has 4 heteroatoms. The Morgan fingerprint density at radius 2 is 2.12 bits per heavy atom. The maximum Gasteiger partial charge on any atom is 0.255 e. The van der Waals surface area contributed by atoms with Gasteiger partial charge in [0.2, 0.25) is 0 Å². The first-order valence-corrected chi connectivity index (χ1v) is 6.13. The third-order valence-corrected chi connectivity index (χ3v) is 3.52. The van der Waals surface area contributed by atoms with E-state index in [2.05, 4.69) is 0 Å². The Labute approximate surface area is 106 Å². The standard InChI is InChI=1S/C13H16ClNO2/c1-15(8-9-6-10(16)7-9)13(17)11-4-2-3-5-12(11)14/h2-5,9-10,16H,6-8H2,1H3. The summed E-state index contributed by atoms with van der Waals surface area (Å²) in [7, 11) is 1.77. The van der Waals surface area contributed by atoms with Crippen LogP contribution in [0.1, 0.15) is 23.2 Å². The summed E-state index contributed by atoms with van der Waals surface area (Å²) in [5.41, 5.74) is 0.538. The number of aliphatic hydroxyl groups is 1. The van der Waals surface area contributed by atoms with Gasteiger partial charge in [-0.25, -0.2) is 0 Å². The molecule has 0 heterocycles. The molecule has 0 saturated heterocycles. The molecule has 0 atom stereocenters. The Balaban J connectivity index is 1.97. The molecule has 17 heavy (non-hydrogen) atoms. The van der Waals surface area contributed by atoms with Crippen LogP contribution in [-0.2, 0) is 0 Å². The van der Waals surface area contributed by atoms with Gasteiger partial charge in [-0.05, 0) is 30.9 Å². The predicted molar refractivity (Wildman–Crippen MR) is 67.1 cm³/mol. The molecule has 1 aliphatic rings. The normalized spacial score (nSPS) is 23.0. The largest absolute Gasteiger partial charge is 0.393 e. The third kappa shape index (κ3) is 2.79.